The van der Waals surface area contributed by atoms with E-state index in [4.69, 9.17) is 5.73 Å². The molecule has 0 saturated heterocycles. The zero-order valence-electron chi connectivity index (χ0n) is 10.5. The first-order chi connectivity index (χ1) is 9.35. The van der Waals surface area contributed by atoms with E-state index in [1.54, 1.807) is 0 Å². The van der Waals surface area contributed by atoms with Crippen molar-refractivity contribution in [3.63, 3.8) is 0 Å². The molecule has 108 valence electrons. The molecule has 2 aromatic rings. The third-order valence-electron chi connectivity index (χ3n) is 2.65. The molecule has 2 rings (SSSR count). The lowest BCUT2D eigenvalue weighted by Gasteiger charge is -2.10. The zero-order valence-corrected chi connectivity index (χ0v) is 11.3. The third kappa shape index (κ3) is 2.63. The van der Waals surface area contributed by atoms with Gasteiger partial charge in [-0.2, -0.15) is 5.10 Å². The maximum atomic E-state index is 13.5. The summed E-state index contributed by atoms with van der Waals surface area (Å²) in [5, 5.41) is 3.85. The van der Waals surface area contributed by atoms with Crippen LogP contribution in [-0.2, 0) is 23.6 Å². The van der Waals surface area contributed by atoms with Crippen molar-refractivity contribution in [3.8, 4) is 0 Å². The molecular formula is C11H12F2N4O2S. The lowest BCUT2D eigenvalue weighted by molar-refractivity contribution is 0.555. The molecule has 0 radical (unpaired) electrons. The number of rotatable bonds is 4. The Morgan fingerprint density at radius 1 is 1.40 bits per heavy atom. The molecule has 6 nitrogen and oxygen atoms in total. The number of aromatic nitrogens is 2. The second-order valence-corrected chi connectivity index (χ2v) is 5.68. The fourth-order valence-corrected chi connectivity index (χ4v) is 2.85. The first-order valence-electron chi connectivity index (χ1n) is 5.54. The van der Waals surface area contributed by atoms with Gasteiger partial charge in [0.2, 0.25) is 0 Å². The molecule has 0 aliphatic carbocycles. The molecule has 20 heavy (non-hydrogen) atoms. The molecule has 0 saturated carbocycles. The summed E-state index contributed by atoms with van der Waals surface area (Å²) in [4.78, 5) is -0.776. The molecule has 0 aliphatic heterocycles. The highest BCUT2D eigenvalue weighted by atomic mass is 32.2. The summed E-state index contributed by atoms with van der Waals surface area (Å²) in [6, 6.07) is 2.19. The Balaban J connectivity index is 2.46. The predicted molar refractivity (Wildman–Crippen MR) is 68.3 cm³/mol. The summed E-state index contributed by atoms with van der Waals surface area (Å²) >= 11 is 0. The van der Waals surface area contributed by atoms with Crippen molar-refractivity contribution in [3.05, 3.63) is 41.6 Å². The minimum absolute atomic E-state index is 0.0529. The van der Waals surface area contributed by atoms with Gasteiger partial charge in [-0.25, -0.2) is 17.2 Å². The van der Waals surface area contributed by atoms with Crippen LogP contribution in [0, 0.1) is 11.6 Å². The molecule has 1 aromatic carbocycles. The van der Waals surface area contributed by atoms with Crippen molar-refractivity contribution >= 4 is 15.8 Å². The van der Waals surface area contributed by atoms with Gasteiger partial charge in [0.1, 0.15) is 22.3 Å². The van der Waals surface area contributed by atoms with Crippen molar-refractivity contribution in [2.24, 2.45) is 12.8 Å². The molecule has 0 fully saturated rings. The second-order valence-electron chi connectivity index (χ2n) is 4.03. The van der Waals surface area contributed by atoms with Crippen LogP contribution >= 0.6 is 0 Å². The van der Waals surface area contributed by atoms with E-state index in [2.05, 4.69) is 9.82 Å². The monoisotopic (exact) mass is 302 g/mol. The third-order valence-corrected chi connectivity index (χ3v) is 4.00. The van der Waals surface area contributed by atoms with Crippen molar-refractivity contribution in [2.45, 2.75) is 11.4 Å². The van der Waals surface area contributed by atoms with Crippen molar-refractivity contribution < 1.29 is 17.2 Å². The van der Waals surface area contributed by atoms with Crippen LogP contribution < -0.4 is 10.5 Å². The van der Waals surface area contributed by atoms with E-state index in [1.165, 1.54) is 17.9 Å². The largest absolute Gasteiger partial charge is 0.326 e. The molecule has 0 aliphatic rings. The molecule has 0 bridgehead atoms. The first kappa shape index (κ1) is 14.4. The fraction of sp³-hybridized carbons (Fsp3) is 0.182. The molecule has 1 aromatic heterocycles. The number of hydrogen-bond donors (Lipinski definition) is 2. The van der Waals surface area contributed by atoms with Crippen molar-refractivity contribution in [2.75, 3.05) is 4.72 Å². The lowest BCUT2D eigenvalue weighted by atomic mass is 10.3. The Labute approximate surface area is 114 Å². The number of anilines is 1. The van der Waals surface area contributed by atoms with E-state index < -0.39 is 26.6 Å². The van der Waals surface area contributed by atoms with Crippen LogP contribution in [0.3, 0.4) is 0 Å². The van der Waals surface area contributed by atoms with Gasteiger partial charge in [0, 0.05) is 19.2 Å². The number of aryl methyl sites for hydroxylation is 1. The van der Waals surface area contributed by atoms with Gasteiger partial charge in [0.25, 0.3) is 10.0 Å². The van der Waals surface area contributed by atoms with Gasteiger partial charge in [0.05, 0.1) is 6.20 Å². The molecule has 9 heteroatoms. The summed E-state index contributed by atoms with van der Waals surface area (Å²) in [5.41, 5.74) is 5.89. The van der Waals surface area contributed by atoms with E-state index >= 15 is 0 Å². The molecule has 3 N–H and O–H groups in total. The summed E-state index contributed by atoms with van der Waals surface area (Å²) < 4.78 is 54.2. The van der Waals surface area contributed by atoms with E-state index in [0.717, 1.165) is 12.1 Å². The number of sulfonamides is 1. The van der Waals surface area contributed by atoms with Crippen LogP contribution in [0.25, 0.3) is 0 Å². The van der Waals surface area contributed by atoms with Gasteiger partial charge in [-0.3, -0.25) is 9.40 Å². The van der Waals surface area contributed by atoms with Crippen LogP contribution in [-0.4, -0.2) is 18.2 Å². The quantitative estimate of drug-likeness (QED) is 0.880. The van der Waals surface area contributed by atoms with Crippen LogP contribution in [0.5, 0.6) is 0 Å². The highest BCUT2D eigenvalue weighted by molar-refractivity contribution is 7.92. The average molecular weight is 302 g/mol. The van der Waals surface area contributed by atoms with E-state index in [1.807, 2.05) is 0 Å². The summed E-state index contributed by atoms with van der Waals surface area (Å²) in [7, 11) is -2.77. The summed E-state index contributed by atoms with van der Waals surface area (Å²) in [6.07, 6.45) is 1.39. The maximum Gasteiger partial charge on any atom is 0.266 e. The highest BCUT2D eigenvalue weighted by Crippen LogP contribution is 2.21. The number of nitrogens with one attached hydrogen (secondary N) is 1. The van der Waals surface area contributed by atoms with Gasteiger partial charge in [-0.05, 0) is 18.2 Å². The Morgan fingerprint density at radius 2 is 2.10 bits per heavy atom. The lowest BCUT2D eigenvalue weighted by Crippen LogP contribution is -2.18. The Morgan fingerprint density at radius 3 is 2.75 bits per heavy atom. The first-order valence-corrected chi connectivity index (χ1v) is 7.02. The SMILES string of the molecule is Cn1ncc(CN)c1NS(=O)(=O)c1cc(F)ccc1F. The maximum absolute atomic E-state index is 13.5. The molecular weight excluding hydrogens is 290 g/mol. The van der Waals surface area contributed by atoms with Gasteiger partial charge >= 0.3 is 0 Å². The number of benzene rings is 1. The summed E-state index contributed by atoms with van der Waals surface area (Å²) in [6.45, 7) is 0.0529. The van der Waals surface area contributed by atoms with E-state index in [9.17, 15) is 17.2 Å². The summed E-state index contributed by atoms with van der Waals surface area (Å²) in [5.74, 6) is -1.79. The highest BCUT2D eigenvalue weighted by Gasteiger charge is 2.22. The molecule has 0 spiro atoms. The van der Waals surface area contributed by atoms with Crippen LogP contribution in [0.1, 0.15) is 5.56 Å². The molecule has 0 atom stereocenters. The number of halogens is 2. The zero-order chi connectivity index (χ0) is 14.9. The minimum Gasteiger partial charge on any atom is -0.326 e. The van der Waals surface area contributed by atoms with E-state index in [0.29, 0.717) is 11.6 Å². The van der Waals surface area contributed by atoms with Gasteiger partial charge in [-0.1, -0.05) is 0 Å². The minimum atomic E-state index is -4.27. The van der Waals surface area contributed by atoms with Crippen LogP contribution in [0.2, 0.25) is 0 Å². The second kappa shape index (κ2) is 5.17. The van der Waals surface area contributed by atoms with Gasteiger partial charge in [-0.15, -0.1) is 0 Å². The van der Waals surface area contributed by atoms with Crippen LogP contribution in [0.4, 0.5) is 14.6 Å². The number of hydrogen-bond acceptors (Lipinski definition) is 4. The molecule has 1 heterocycles. The molecule has 0 unspecified atom stereocenters. The average Bonchev–Trinajstić information content (AvgIpc) is 2.73. The standard InChI is InChI=1S/C11H12F2N4O2S/c1-17-11(7(5-14)6-15-17)16-20(18,19)10-4-8(12)2-3-9(10)13/h2-4,6,16H,5,14H2,1H3. The van der Waals surface area contributed by atoms with Crippen molar-refractivity contribution in [1.29, 1.82) is 0 Å². The Kier molecular flexibility index (Phi) is 3.73. The fourth-order valence-electron chi connectivity index (χ4n) is 1.63. The predicted octanol–water partition coefficient (Wildman–Crippen LogP) is 0.958. The van der Waals surface area contributed by atoms with Gasteiger partial charge < -0.3 is 5.73 Å². The topological polar surface area (TPSA) is 90.0 Å². The normalized spacial score (nSPS) is 11.6. The smallest absolute Gasteiger partial charge is 0.266 e. The van der Waals surface area contributed by atoms with E-state index in [-0.39, 0.29) is 12.4 Å². The number of nitrogens with two attached hydrogens (primary N) is 1. The Bertz CT molecular complexity index is 743. The van der Waals surface area contributed by atoms with Gasteiger partial charge in [0.15, 0.2) is 0 Å². The number of nitrogens with zero attached hydrogens (tertiary/aromatic N) is 2. The Hall–Kier alpha value is -2.00. The van der Waals surface area contributed by atoms with Crippen LogP contribution in [0.15, 0.2) is 29.3 Å². The van der Waals surface area contributed by atoms with Crippen molar-refractivity contribution in [1.82, 2.24) is 9.78 Å². The molecule has 0 amide bonds.